The van der Waals surface area contributed by atoms with Crippen LogP contribution in [0.5, 0.6) is 11.5 Å². The molecule has 0 N–H and O–H groups in total. The fourth-order valence-corrected chi connectivity index (χ4v) is 3.90. The van der Waals surface area contributed by atoms with Crippen LogP contribution in [0.15, 0.2) is 48.5 Å². The number of aryl methyl sites for hydroxylation is 2. The SMILES string of the molecule is CCCC(C)COP(=O)(Oc1ccccc1C)Oc1ccccc1C. The normalized spacial score (nSPS) is 12.6. The molecule has 0 aliphatic carbocycles. The lowest BCUT2D eigenvalue weighted by molar-refractivity contribution is 0.179. The fourth-order valence-electron chi connectivity index (χ4n) is 2.42. The molecule has 136 valence electrons. The van der Waals surface area contributed by atoms with Gasteiger partial charge in [-0.1, -0.05) is 56.7 Å². The number of benzene rings is 2. The van der Waals surface area contributed by atoms with Gasteiger partial charge >= 0.3 is 7.82 Å². The number of para-hydroxylation sites is 2. The Hall–Kier alpha value is -1.77. The van der Waals surface area contributed by atoms with Crippen molar-refractivity contribution < 1.29 is 18.1 Å². The molecule has 1 unspecified atom stereocenters. The zero-order valence-corrected chi connectivity index (χ0v) is 16.3. The molecule has 5 heteroatoms. The van der Waals surface area contributed by atoms with Crippen molar-refractivity contribution in [1.29, 1.82) is 0 Å². The Bertz CT molecular complexity index is 678. The molecule has 2 aromatic rings. The second-order valence-electron chi connectivity index (χ2n) is 6.35. The molecule has 0 heterocycles. The number of phosphoric ester groups is 1. The molecule has 0 amide bonds. The highest BCUT2D eigenvalue weighted by molar-refractivity contribution is 7.49. The van der Waals surface area contributed by atoms with Gasteiger partial charge in [-0.05, 0) is 49.4 Å². The van der Waals surface area contributed by atoms with Crippen molar-refractivity contribution >= 4 is 7.82 Å². The quantitative estimate of drug-likeness (QED) is 0.490. The Kier molecular flexibility index (Phi) is 7.10. The molecule has 0 aliphatic rings. The Morgan fingerprint density at radius 2 is 1.40 bits per heavy atom. The Morgan fingerprint density at radius 3 is 1.84 bits per heavy atom. The van der Waals surface area contributed by atoms with Crippen LogP contribution < -0.4 is 9.05 Å². The largest absolute Gasteiger partial charge is 0.587 e. The van der Waals surface area contributed by atoms with Gasteiger partial charge in [-0.2, -0.15) is 0 Å². The van der Waals surface area contributed by atoms with E-state index in [-0.39, 0.29) is 5.92 Å². The van der Waals surface area contributed by atoms with E-state index < -0.39 is 7.82 Å². The van der Waals surface area contributed by atoms with Gasteiger partial charge in [-0.3, -0.25) is 4.52 Å². The predicted molar refractivity (Wildman–Crippen MR) is 101 cm³/mol. The van der Waals surface area contributed by atoms with E-state index >= 15 is 0 Å². The first-order chi connectivity index (χ1) is 11.9. The van der Waals surface area contributed by atoms with Gasteiger partial charge in [0.05, 0.1) is 6.61 Å². The van der Waals surface area contributed by atoms with Gasteiger partial charge < -0.3 is 9.05 Å². The van der Waals surface area contributed by atoms with Crippen molar-refractivity contribution in [2.45, 2.75) is 40.5 Å². The molecular weight excluding hydrogens is 335 g/mol. The molecule has 0 saturated carbocycles. The Morgan fingerprint density at radius 1 is 0.920 bits per heavy atom. The molecule has 0 bridgehead atoms. The minimum Gasteiger partial charge on any atom is -0.395 e. The van der Waals surface area contributed by atoms with Crippen molar-refractivity contribution in [2.24, 2.45) is 5.92 Å². The van der Waals surface area contributed by atoms with Crippen LogP contribution >= 0.6 is 7.82 Å². The molecular formula is C20H27O4P. The van der Waals surface area contributed by atoms with Crippen molar-refractivity contribution in [2.75, 3.05) is 6.61 Å². The van der Waals surface area contributed by atoms with E-state index in [1.165, 1.54) is 0 Å². The highest BCUT2D eigenvalue weighted by Crippen LogP contribution is 2.51. The maximum absolute atomic E-state index is 13.3. The van der Waals surface area contributed by atoms with Gasteiger partial charge in [0.15, 0.2) is 0 Å². The van der Waals surface area contributed by atoms with Crippen LogP contribution in [-0.2, 0) is 9.09 Å². The molecule has 0 fully saturated rings. The van der Waals surface area contributed by atoms with Crippen molar-refractivity contribution in [3.05, 3.63) is 59.7 Å². The zero-order chi connectivity index (χ0) is 18.3. The molecule has 4 nitrogen and oxygen atoms in total. The fraction of sp³-hybridized carbons (Fsp3) is 0.400. The second-order valence-corrected chi connectivity index (χ2v) is 7.87. The second kappa shape index (κ2) is 9.07. The van der Waals surface area contributed by atoms with E-state index in [1.54, 1.807) is 12.1 Å². The molecule has 0 saturated heterocycles. The minimum atomic E-state index is -3.79. The van der Waals surface area contributed by atoms with Crippen LogP contribution in [0.25, 0.3) is 0 Å². The summed E-state index contributed by atoms with van der Waals surface area (Å²) in [6, 6.07) is 14.8. The highest BCUT2D eigenvalue weighted by Gasteiger charge is 2.32. The molecule has 25 heavy (non-hydrogen) atoms. The summed E-state index contributed by atoms with van der Waals surface area (Å²) in [4.78, 5) is 0. The summed E-state index contributed by atoms with van der Waals surface area (Å²) >= 11 is 0. The van der Waals surface area contributed by atoms with E-state index in [0.717, 1.165) is 24.0 Å². The van der Waals surface area contributed by atoms with Gasteiger partial charge in [0, 0.05) is 0 Å². The lowest BCUT2D eigenvalue weighted by Crippen LogP contribution is -2.11. The monoisotopic (exact) mass is 362 g/mol. The third-order valence-electron chi connectivity index (χ3n) is 3.91. The summed E-state index contributed by atoms with van der Waals surface area (Å²) in [5, 5.41) is 0. The average molecular weight is 362 g/mol. The van der Waals surface area contributed by atoms with Crippen LogP contribution in [0.2, 0.25) is 0 Å². The van der Waals surface area contributed by atoms with E-state index in [4.69, 9.17) is 13.6 Å². The smallest absolute Gasteiger partial charge is 0.395 e. The van der Waals surface area contributed by atoms with Crippen LogP contribution in [0.1, 0.15) is 37.8 Å². The first-order valence-electron chi connectivity index (χ1n) is 8.68. The van der Waals surface area contributed by atoms with Crippen LogP contribution in [0.4, 0.5) is 0 Å². The van der Waals surface area contributed by atoms with E-state index in [9.17, 15) is 4.57 Å². The summed E-state index contributed by atoms with van der Waals surface area (Å²) < 4.78 is 30.4. The maximum atomic E-state index is 13.3. The van der Waals surface area contributed by atoms with Crippen LogP contribution in [-0.4, -0.2) is 6.61 Å². The van der Waals surface area contributed by atoms with E-state index in [2.05, 4.69) is 13.8 Å². The maximum Gasteiger partial charge on any atom is 0.587 e. The number of hydrogen-bond donors (Lipinski definition) is 0. The van der Waals surface area contributed by atoms with Crippen molar-refractivity contribution in [3.63, 3.8) is 0 Å². The minimum absolute atomic E-state index is 0.277. The first-order valence-corrected chi connectivity index (χ1v) is 10.1. The molecule has 0 aliphatic heterocycles. The van der Waals surface area contributed by atoms with E-state index in [0.29, 0.717) is 18.1 Å². The molecule has 2 rings (SSSR count). The van der Waals surface area contributed by atoms with Crippen molar-refractivity contribution in [3.8, 4) is 11.5 Å². The standard InChI is InChI=1S/C20H27O4P/c1-5-10-16(2)15-22-25(21,23-19-13-8-6-11-17(19)3)24-20-14-9-7-12-18(20)4/h6-9,11-14,16H,5,10,15H2,1-4H3. The van der Waals surface area contributed by atoms with Gasteiger partial charge in [0.25, 0.3) is 0 Å². The molecule has 2 aromatic carbocycles. The average Bonchev–Trinajstić information content (AvgIpc) is 2.58. The van der Waals surface area contributed by atoms with Crippen molar-refractivity contribution in [1.82, 2.24) is 0 Å². The van der Waals surface area contributed by atoms with Gasteiger partial charge in [-0.25, -0.2) is 4.57 Å². The van der Waals surface area contributed by atoms with Gasteiger partial charge in [-0.15, -0.1) is 0 Å². The molecule has 1 atom stereocenters. The topological polar surface area (TPSA) is 44.8 Å². The number of phosphoric acid groups is 1. The lowest BCUT2D eigenvalue weighted by atomic mass is 10.1. The third kappa shape index (κ3) is 5.91. The summed E-state index contributed by atoms with van der Waals surface area (Å²) in [6.45, 7) is 8.29. The molecule has 0 spiro atoms. The van der Waals surface area contributed by atoms with Crippen LogP contribution in [0, 0.1) is 19.8 Å². The van der Waals surface area contributed by atoms with Crippen LogP contribution in [0.3, 0.4) is 0 Å². The zero-order valence-electron chi connectivity index (χ0n) is 15.4. The summed E-state index contributed by atoms with van der Waals surface area (Å²) in [7, 11) is -3.79. The van der Waals surface area contributed by atoms with Gasteiger partial charge in [0.1, 0.15) is 11.5 Å². The number of rotatable bonds is 9. The lowest BCUT2D eigenvalue weighted by Gasteiger charge is -2.22. The highest BCUT2D eigenvalue weighted by atomic mass is 31.2. The Balaban J connectivity index is 2.22. The first kappa shape index (κ1) is 19.6. The number of hydrogen-bond acceptors (Lipinski definition) is 4. The molecule has 0 radical (unpaired) electrons. The summed E-state index contributed by atoms with van der Waals surface area (Å²) in [5.41, 5.74) is 1.75. The predicted octanol–water partition coefficient (Wildman–Crippen LogP) is 6.32. The van der Waals surface area contributed by atoms with E-state index in [1.807, 2.05) is 50.2 Å². The summed E-state index contributed by atoms with van der Waals surface area (Å²) in [5.74, 6) is 1.28. The Labute approximate surface area is 150 Å². The third-order valence-corrected chi connectivity index (χ3v) is 5.21. The summed E-state index contributed by atoms with van der Waals surface area (Å²) in [6.07, 6.45) is 2.04. The molecule has 0 aromatic heterocycles. The van der Waals surface area contributed by atoms with Gasteiger partial charge in [0.2, 0.25) is 0 Å².